The molecule has 172 valence electrons. The highest BCUT2D eigenvalue weighted by Crippen LogP contribution is 2.21. The fourth-order valence-corrected chi connectivity index (χ4v) is 2.69. The summed E-state index contributed by atoms with van der Waals surface area (Å²) in [6.07, 6.45) is 6.57. The smallest absolute Gasteiger partial charge is 0.305 e. The standard InChI is InChI=1S/C23H40N2O5/c1-7-9-10-11-13-21(28)30-16-19(23(4,5)6)25-22(29)18(12-8-2)14-20(27)24-17(3)15-26/h7-8,17-19,26H,1-2,9-16H2,3-6H3,(H,24,27)(H,25,29)/t17-,18+,19+/m0/s1. The zero-order valence-corrected chi connectivity index (χ0v) is 19.0. The Labute approximate surface area is 181 Å². The first-order chi connectivity index (χ1) is 14.0. The average Bonchev–Trinajstić information content (AvgIpc) is 2.66. The minimum atomic E-state index is -0.590. The lowest BCUT2D eigenvalue weighted by Gasteiger charge is -2.32. The van der Waals surface area contributed by atoms with Gasteiger partial charge in [-0.15, -0.1) is 13.2 Å². The Kier molecular flexibility index (Phi) is 13.7. The first-order valence-electron chi connectivity index (χ1n) is 10.6. The summed E-state index contributed by atoms with van der Waals surface area (Å²) < 4.78 is 5.39. The molecule has 7 nitrogen and oxygen atoms in total. The third kappa shape index (κ3) is 12.4. The molecule has 0 aromatic rings. The third-order valence-corrected chi connectivity index (χ3v) is 4.75. The van der Waals surface area contributed by atoms with E-state index in [1.807, 2.05) is 26.8 Å². The van der Waals surface area contributed by atoms with Crippen LogP contribution in [0.15, 0.2) is 25.3 Å². The normalized spacial score (nSPS) is 14.2. The van der Waals surface area contributed by atoms with E-state index in [1.54, 1.807) is 13.0 Å². The van der Waals surface area contributed by atoms with E-state index in [2.05, 4.69) is 23.8 Å². The summed E-state index contributed by atoms with van der Waals surface area (Å²) in [5.41, 5.74) is -0.342. The SMILES string of the molecule is C=CCCCCC(=O)OC[C@@H](NC(=O)[C@H](CC=C)CC(=O)N[C@@H](C)CO)C(C)(C)C. The van der Waals surface area contributed by atoms with Crippen LogP contribution in [0.5, 0.6) is 0 Å². The third-order valence-electron chi connectivity index (χ3n) is 4.75. The molecule has 0 bridgehead atoms. The van der Waals surface area contributed by atoms with Gasteiger partial charge >= 0.3 is 5.97 Å². The molecular formula is C23H40N2O5. The van der Waals surface area contributed by atoms with Crippen molar-refractivity contribution in [1.82, 2.24) is 10.6 Å². The summed E-state index contributed by atoms with van der Waals surface area (Å²) in [4.78, 5) is 37.0. The van der Waals surface area contributed by atoms with Crippen LogP contribution in [0.4, 0.5) is 0 Å². The molecule has 3 N–H and O–H groups in total. The number of hydrogen-bond acceptors (Lipinski definition) is 5. The molecule has 0 radical (unpaired) electrons. The van der Waals surface area contributed by atoms with Crippen LogP contribution < -0.4 is 10.6 Å². The second-order valence-electron chi connectivity index (χ2n) is 8.72. The topological polar surface area (TPSA) is 105 Å². The molecule has 0 saturated carbocycles. The summed E-state index contributed by atoms with van der Waals surface area (Å²) in [7, 11) is 0. The van der Waals surface area contributed by atoms with Gasteiger partial charge in [-0.1, -0.05) is 32.9 Å². The van der Waals surface area contributed by atoms with Gasteiger partial charge in [0.1, 0.15) is 6.61 Å². The maximum atomic E-state index is 12.8. The number of hydrogen-bond donors (Lipinski definition) is 3. The number of carbonyl (C=O) groups is 3. The number of carbonyl (C=O) groups excluding carboxylic acids is 3. The van der Waals surface area contributed by atoms with Gasteiger partial charge in [0.2, 0.25) is 11.8 Å². The Hall–Kier alpha value is -2.15. The van der Waals surface area contributed by atoms with Gasteiger partial charge in [-0.05, 0) is 38.0 Å². The summed E-state index contributed by atoms with van der Waals surface area (Å²) in [5, 5.41) is 14.7. The zero-order chi connectivity index (χ0) is 23.2. The number of amides is 2. The largest absolute Gasteiger partial charge is 0.463 e. The minimum Gasteiger partial charge on any atom is -0.463 e. The van der Waals surface area contributed by atoms with Crippen LogP contribution in [0.3, 0.4) is 0 Å². The Morgan fingerprint density at radius 1 is 1.10 bits per heavy atom. The summed E-state index contributed by atoms with van der Waals surface area (Å²) in [5.74, 6) is -1.48. The molecule has 0 fully saturated rings. The number of unbranched alkanes of at least 4 members (excludes halogenated alkanes) is 2. The van der Waals surface area contributed by atoms with Gasteiger partial charge in [0.25, 0.3) is 0 Å². The number of aliphatic hydroxyl groups is 1. The summed E-state index contributed by atoms with van der Waals surface area (Å²) in [6.45, 7) is 14.8. The van der Waals surface area contributed by atoms with Crippen molar-refractivity contribution in [3.8, 4) is 0 Å². The van der Waals surface area contributed by atoms with Gasteiger partial charge in [0.05, 0.1) is 18.6 Å². The van der Waals surface area contributed by atoms with Gasteiger partial charge in [-0.3, -0.25) is 14.4 Å². The van der Waals surface area contributed by atoms with Crippen molar-refractivity contribution in [2.45, 2.75) is 78.3 Å². The highest BCUT2D eigenvalue weighted by atomic mass is 16.5. The van der Waals surface area contributed by atoms with Crippen LogP contribution in [0.1, 0.15) is 66.2 Å². The van der Waals surface area contributed by atoms with Crippen molar-refractivity contribution in [3.05, 3.63) is 25.3 Å². The number of allylic oxidation sites excluding steroid dienone is 2. The monoisotopic (exact) mass is 424 g/mol. The van der Waals surface area contributed by atoms with Crippen molar-refractivity contribution in [2.75, 3.05) is 13.2 Å². The number of ether oxygens (including phenoxy) is 1. The van der Waals surface area contributed by atoms with Crippen LogP contribution in [0.2, 0.25) is 0 Å². The van der Waals surface area contributed by atoms with Gasteiger partial charge in [-0.25, -0.2) is 0 Å². The Morgan fingerprint density at radius 2 is 1.77 bits per heavy atom. The average molecular weight is 425 g/mol. The molecule has 30 heavy (non-hydrogen) atoms. The van der Waals surface area contributed by atoms with Crippen molar-refractivity contribution >= 4 is 17.8 Å². The lowest BCUT2D eigenvalue weighted by molar-refractivity contribution is -0.146. The molecule has 3 atom stereocenters. The Balaban J connectivity index is 4.88. The van der Waals surface area contributed by atoms with E-state index in [0.717, 1.165) is 19.3 Å². The first kappa shape index (κ1) is 27.8. The van der Waals surface area contributed by atoms with Crippen molar-refractivity contribution in [1.29, 1.82) is 0 Å². The second-order valence-corrected chi connectivity index (χ2v) is 8.72. The van der Waals surface area contributed by atoms with Crippen LogP contribution in [0.25, 0.3) is 0 Å². The van der Waals surface area contributed by atoms with E-state index in [-0.39, 0.29) is 48.9 Å². The summed E-state index contributed by atoms with van der Waals surface area (Å²) in [6, 6.07) is -0.771. The first-order valence-corrected chi connectivity index (χ1v) is 10.6. The quantitative estimate of drug-likeness (QED) is 0.213. The molecule has 0 rings (SSSR count). The van der Waals surface area contributed by atoms with Crippen LogP contribution in [-0.2, 0) is 19.1 Å². The molecule has 0 aliphatic carbocycles. The number of esters is 1. The molecule has 0 saturated heterocycles. The van der Waals surface area contributed by atoms with E-state index in [9.17, 15) is 14.4 Å². The van der Waals surface area contributed by atoms with Crippen LogP contribution >= 0.6 is 0 Å². The number of aliphatic hydroxyl groups excluding tert-OH is 1. The number of nitrogens with one attached hydrogen (secondary N) is 2. The van der Waals surface area contributed by atoms with Crippen LogP contribution in [-0.4, -0.2) is 48.2 Å². The molecule has 0 spiro atoms. The van der Waals surface area contributed by atoms with E-state index < -0.39 is 12.0 Å². The Morgan fingerprint density at radius 3 is 2.30 bits per heavy atom. The molecule has 0 unspecified atom stereocenters. The van der Waals surface area contributed by atoms with Gasteiger partial charge < -0.3 is 20.5 Å². The predicted octanol–water partition coefficient (Wildman–Crippen LogP) is 2.89. The minimum absolute atomic E-state index is 0.0118. The van der Waals surface area contributed by atoms with Gasteiger partial charge in [-0.2, -0.15) is 0 Å². The van der Waals surface area contributed by atoms with Crippen molar-refractivity contribution < 1.29 is 24.2 Å². The number of rotatable bonds is 15. The van der Waals surface area contributed by atoms with Crippen molar-refractivity contribution in [2.24, 2.45) is 11.3 Å². The fourth-order valence-electron chi connectivity index (χ4n) is 2.69. The molecular weight excluding hydrogens is 384 g/mol. The van der Waals surface area contributed by atoms with Gasteiger partial charge in [0.15, 0.2) is 0 Å². The zero-order valence-electron chi connectivity index (χ0n) is 19.0. The maximum absolute atomic E-state index is 12.8. The lowest BCUT2D eigenvalue weighted by atomic mass is 9.86. The van der Waals surface area contributed by atoms with Crippen molar-refractivity contribution in [3.63, 3.8) is 0 Å². The highest BCUT2D eigenvalue weighted by molar-refractivity contribution is 5.86. The van der Waals surface area contributed by atoms with Crippen LogP contribution in [0, 0.1) is 11.3 Å². The highest BCUT2D eigenvalue weighted by Gasteiger charge is 2.30. The molecule has 0 heterocycles. The molecule has 0 aromatic carbocycles. The molecule has 0 aliphatic heterocycles. The van der Waals surface area contributed by atoms with E-state index in [1.165, 1.54) is 0 Å². The predicted molar refractivity (Wildman–Crippen MR) is 119 cm³/mol. The molecule has 2 amide bonds. The summed E-state index contributed by atoms with van der Waals surface area (Å²) >= 11 is 0. The molecule has 7 heteroatoms. The second kappa shape index (κ2) is 14.8. The maximum Gasteiger partial charge on any atom is 0.305 e. The van der Waals surface area contributed by atoms with E-state index >= 15 is 0 Å². The van der Waals surface area contributed by atoms with E-state index in [0.29, 0.717) is 12.8 Å². The van der Waals surface area contributed by atoms with Gasteiger partial charge in [0, 0.05) is 18.9 Å². The Bertz CT molecular complexity index is 568. The molecule has 0 aliphatic rings. The fraction of sp³-hybridized carbons (Fsp3) is 0.696. The lowest BCUT2D eigenvalue weighted by Crippen LogP contribution is -2.49. The van der Waals surface area contributed by atoms with E-state index in [4.69, 9.17) is 9.84 Å². The molecule has 0 aromatic heterocycles.